The number of H-pyrrole nitrogens is 1. The number of nitrogens with zero attached hydrogens (tertiary/aromatic N) is 1. The lowest BCUT2D eigenvalue weighted by Crippen LogP contribution is -2.16. The van der Waals surface area contributed by atoms with Crippen molar-refractivity contribution in [1.82, 2.24) is 15.3 Å². The maximum Gasteiger partial charge on any atom is 0.418 e. The van der Waals surface area contributed by atoms with E-state index in [1.807, 2.05) is 0 Å². The molecule has 0 spiro atoms. The van der Waals surface area contributed by atoms with Gasteiger partial charge < -0.3 is 15.0 Å². The summed E-state index contributed by atoms with van der Waals surface area (Å²) in [5, 5.41) is 3.02. The molecule has 2 N–H and O–H groups in total. The van der Waals surface area contributed by atoms with Crippen LogP contribution in [0.2, 0.25) is 0 Å². The van der Waals surface area contributed by atoms with Gasteiger partial charge in [0.25, 0.3) is 0 Å². The summed E-state index contributed by atoms with van der Waals surface area (Å²) in [6.45, 7) is 0.484. The number of imidazole rings is 1. The fourth-order valence-corrected chi connectivity index (χ4v) is 2.77. The third-order valence-electron chi connectivity index (χ3n) is 3.99. The Hall–Kier alpha value is -1.81. The number of nitrogens with one attached hydrogen (secondary N) is 2. The molecule has 2 heterocycles. The van der Waals surface area contributed by atoms with E-state index in [1.165, 1.54) is 7.11 Å². The van der Waals surface area contributed by atoms with E-state index in [-0.39, 0.29) is 23.5 Å². The third kappa shape index (κ3) is 3.07. The molecule has 0 saturated carbocycles. The molecule has 0 amide bonds. The van der Waals surface area contributed by atoms with Crippen molar-refractivity contribution in [1.29, 1.82) is 0 Å². The van der Waals surface area contributed by atoms with Gasteiger partial charge in [0, 0.05) is 13.7 Å². The van der Waals surface area contributed by atoms with E-state index >= 15 is 0 Å². The first-order valence-electron chi connectivity index (χ1n) is 7.04. The zero-order valence-corrected chi connectivity index (χ0v) is 12.3. The summed E-state index contributed by atoms with van der Waals surface area (Å²) in [6.07, 6.45) is -9.49. The normalized spacial score (nSPS) is 22.5. The lowest BCUT2D eigenvalue weighted by molar-refractivity contribution is -0.142. The Morgan fingerprint density at radius 3 is 2.38 bits per heavy atom. The molecule has 1 unspecified atom stereocenters. The average molecular weight is 353 g/mol. The van der Waals surface area contributed by atoms with Gasteiger partial charge in [0.05, 0.1) is 28.8 Å². The summed E-state index contributed by atoms with van der Waals surface area (Å²) in [6, 6.07) is 0.328. The average Bonchev–Trinajstić information content (AvgIpc) is 3.10. The van der Waals surface area contributed by atoms with Gasteiger partial charge in [-0.2, -0.15) is 26.3 Å². The molecule has 1 aromatic carbocycles. The second-order valence-electron chi connectivity index (χ2n) is 5.59. The first-order valence-corrected chi connectivity index (χ1v) is 7.04. The fraction of sp³-hybridized carbons (Fsp3) is 0.500. The highest BCUT2D eigenvalue weighted by Gasteiger charge is 2.39. The number of aromatic amines is 1. The number of hydrogen-bond donors (Lipinski definition) is 2. The molecule has 132 valence electrons. The minimum absolute atomic E-state index is 0.0903. The lowest BCUT2D eigenvalue weighted by Gasteiger charge is -2.11. The number of hydrogen-bond acceptors (Lipinski definition) is 3. The number of halogens is 6. The van der Waals surface area contributed by atoms with E-state index in [1.54, 1.807) is 0 Å². The minimum atomic E-state index is -4.94. The summed E-state index contributed by atoms with van der Waals surface area (Å²) < 4.78 is 83.1. The Morgan fingerprint density at radius 1 is 1.12 bits per heavy atom. The van der Waals surface area contributed by atoms with Gasteiger partial charge in [-0.25, -0.2) is 4.98 Å². The molecule has 1 aromatic heterocycles. The van der Waals surface area contributed by atoms with Crippen LogP contribution in [-0.2, 0) is 17.1 Å². The van der Waals surface area contributed by atoms with Crippen molar-refractivity contribution in [3.05, 3.63) is 29.1 Å². The molecular weight excluding hydrogens is 340 g/mol. The molecule has 10 heteroatoms. The predicted octanol–water partition coefficient (Wildman–Crippen LogP) is 3.65. The Bertz CT molecular complexity index is 751. The summed E-state index contributed by atoms with van der Waals surface area (Å²) in [5.74, 6) is 0.161. The van der Waals surface area contributed by atoms with Gasteiger partial charge in [-0.1, -0.05) is 0 Å². The maximum absolute atomic E-state index is 13.1. The number of ether oxygens (including phenoxy) is 1. The van der Waals surface area contributed by atoms with Crippen LogP contribution in [0.15, 0.2) is 12.1 Å². The van der Waals surface area contributed by atoms with Crippen LogP contribution in [0.5, 0.6) is 0 Å². The van der Waals surface area contributed by atoms with Gasteiger partial charge in [-0.05, 0) is 18.6 Å². The third-order valence-corrected chi connectivity index (χ3v) is 3.99. The van der Waals surface area contributed by atoms with Gasteiger partial charge in [0.15, 0.2) is 0 Å². The number of benzene rings is 1. The topological polar surface area (TPSA) is 49.9 Å². The summed E-state index contributed by atoms with van der Waals surface area (Å²) >= 11 is 0. The van der Waals surface area contributed by atoms with Crippen LogP contribution in [0, 0.1) is 0 Å². The molecule has 2 atom stereocenters. The lowest BCUT2D eigenvalue weighted by atomic mass is 10.1. The zero-order valence-electron chi connectivity index (χ0n) is 12.3. The Labute approximate surface area is 132 Å². The first kappa shape index (κ1) is 17.0. The van der Waals surface area contributed by atoms with Crippen molar-refractivity contribution in [2.24, 2.45) is 0 Å². The standard InChI is InChI=1S/C14H13F6N3O/c1-24-7-4-10(21-5-7)12-22-9-3-6(13(15,16)17)2-8(11(9)23-12)14(18,19)20/h2-3,7,10,21H,4-5H2,1H3,(H,22,23)/t7-,10?/m1/s1. The van der Waals surface area contributed by atoms with Crippen molar-refractivity contribution >= 4 is 11.0 Å². The molecule has 4 nitrogen and oxygen atoms in total. The van der Waals surface area contributed by atoms with Gasteiger partial charge in [-0.15, -0.1) is 0 Å². The van der Waals surface area contributed by atoms with Crippen LogP contribution in [0.25, 0.3) is 11.0 Å². The van der Waals surface area contributed by atoms with Gasteiger partial charge in [0.1, 0.15) is 11.3 Å². The van der Waals surface area contributed by atoms with Crippen molar-refractivity contribution in [3.63, 3.8) is 0 Å². The molecule has 1 aliphatic heterocycles. The smallest absolute Gasteiger partial charge is 0.380 e. The van der Waals surface area contributed by atoms with Crippen LogP contribution in [0.4, 0.5) is 26.3 Å². The monoisotopic (exact) mass is 353 g/mol. The highest BCUT2D eigenvalue weighted by molar-refractivity contribution is 5.80. The number of rotatable bonds is 2. The highest BCUT2D eigenvalue weighted by Crippen LogP contribution is 2.40. The summed E-state index contributed by atoms with van der Waals surface area (Å²) in [5.41, 5.74) is -3.59. The zero-order chi connectivity index (χ0) is 17.7. The molecule has 0 radical (unpaired) electrons. The van der Waals surface area contributed by atoms with Crippen LogP contribution in [-0.4, -0.2) is 29.7 Å². The van der Waals surface area contributed by atoms with Crippen LogP contribution in [0.3, 0.4) is 0 Å². The van der Waals surface area contributed by atoms with Crippen molar-refractivity contribution in [2.45, 2.75) is 30.9 Å². The second kappa shape index (κ2) is 5.62. The van der Waals surface area contributed by atoms with Crippen molar-refractivity contribution in [3.8, 4) is 0 Å². The van der Waals surface area contributed by atoms with Crippen molar-refractivity contribution < 1.29 is 31.1 Å². The summed E-state index contributed by atoms with van der Waals surface area (Å²) in [7, 11) is 1.50. The van der Waals surface area contributed by atoms with E-state index in [4.69, 9.17) is 4.74 Å². The number of methoxy groups -OCH3 is 1. The quantitative estimate of drug-likeness (QED) is 0.811. The number of fused-ring (bicyclic) bond motifs is 1. The van der Waals surface area contributed by atoms with Gasteiger partial charge >= 0.3 is 12.4 Å². The molecule has 1 fully saturated rings. The van der Waals surface area contributed by atoms with Crippen LogP contribution >= 0.6 is 0 Å². The van der Waals surface area contributed by atoms with Gasteiger partial charge in [0.2, 0.25) is 0 Å². The molecule has 2 aromatic rings. The largest absolute Gasteiger partial charge is 0.418 e. The second-order valence-corrected chi connectivity index (χ2v) is 5.59. The molecule has 0 bridgehead atoms. The SMILES string of the molecule is CO[C@H]1CNC(c2nc3c(C(F)(F)F)cc(C(F)(F)F)cc3[nH]2)C1. The maximum atomic E-state index is 13.1. The number of alkyl halides is 6. The van der Waals surface area contributed by atoms with E-state index in [2.05, 4.69) is 15.3 Å². The van der Waals surface area contributed by atoms with Crippen LogP contribution in [0.1, 0.15) is 29.4 Å². The van der Waals surface area contributed by atoms with E-state index in [9.17, 15) is 26.3 Å². The first-order chi connectivity index (χ1) is 11.1. The van der Waals surface area contributed by atoms with E-state index in [0.717, 1.165) is 0 Å². The molecule has 1 saturated heterocycles. The molecule has 1 aliphatic rings. The Morgan fingerprint density at radius 2 is 1.83 bits per heavy atom. The highest BCUT2D eigenvalue weighted by atomic mass is 19.4. The Balaban J connectivity index is 2.11. The van der Waals surface area contributed by atoms with E-state index in [0.29, 0.717) is 19.0 Å². The predicted molar refractivity (Wildman–Crippen MR) is 72.3 cm³/mol. The van der Waals surface area contributed by atoms with Gasteiger partial charge in [-0.3, -0.25) is 0 Å². The Kier molecular flexibility index (Phi) is 3.99. The molecule has 3 rings (SSSR count). The van der Waals surface area contributed by atoms with Crippen LogP contribution < -0.4 is 5.32 Å². The molecule has 24 heavy (non-hydrogen) atoms. The number of aromatic nitrogens is 2. The fourth-order valence-electron chi connectivity index (χ4n) is 2.77. The van der Waals surface area contributed by atoms with E-state index < -0.39 is 35.0 Å². The minimum Gasteiger partial charge on any atom is -0.380 e. The molecule has 0 aliphatic carbocycles. The summed E-state index contributed by atoms with van der Waals surface area (Å²) in [4.78, 5) is 6.47. The van der Waals surface area contributed by atoms with Crippen molar-refractivity contribution in [2.75, 3.05) is 13.7 Å². The molecular formula is C14H13F6N3O.